The molecule has 5 rings (SSSR count). The van der Waals surface area contributed by atoms with E-state index < -0.39 is 88.0 Å². The fourth-order valence-corrected chi connectivity index (χ4v) is 8.06. The van der Waals surface area contributed by atoms with E-state index in [1.54, 1.807) is 27.7 Å². The predicted molar refractivity (Wildman–Crippen MR) is 117 cm³/mol. The van der Waals surface area contributed by atoms with E-state index in [2.05, 4.69) is 0 Å². The second kappa shape index (κ2) is 7.35. The van der Waals surface area contributed by atoms with Crippen LogP contribution < -0.4 is 0 Å². The van der Waals surface area contributed by atoms with Crippen molar-refractivity contribution in [1.29, 1.82) is 0 Å². The Balaban J connectivity index is 1.69. The molecule has 3 aliphatic carbocycles. The SMILES string of the molecule is CC[C@@](C)(O)C(=O)O[C@H]1C(=O)O[C@@H]2C[C@H]3C(C)=CC(=O)[C@@H](O)[C@]3(C)[C@H]3[C@@H](O)[C@H](O)[C@]4(C)OC[C@]32[C@@H]14. The summed E-state index contributed by atoms with van der Waals surface area (Å²) in [4.78, 5) is 38.9. The minimum Gasteiger partial charge on any atom is -0.459 e. The van der Waals surface area contributed by atoms with Gasteiger partial charge in [0.25, 0.3) is 0 Å². The largest absolute Gasteiger partial charge is 0.459 e. The molecule has 1 spiro atoms. The highest BCUT2D eigenvalue weighted by Crippen LogP contribution is 2.72. The molecule has 0 radical (unpaired) electrons. The van der Waals surface area contributed by atoms with Crippen LogP contribution in [0.2, 0.25) is 0 Å². The average molecular weight is 495 g/mol. The summed E-state index contributed by atoms with van der Waals surface area (Å²) in [7, 11) is 0. The van der Waals surface area contributed by atoms with Crippen LogP contribution in [0.4, 0.5) is 0 Å². The quantitative estimate of drug-likeness (QED) is 0.382. The van der Waals surface area contributed by atoms with Gasteiger partial charge in [0.15, 0.2) is 11.4 Å². The molecule has 0 unspecified atom stereocenters. The lowest BCUT2D eigenvalue weighted by atomic mass is 9.38. The molecule has 2 bridgehead atoms. The van der Waals surface area contributed by atoms with E-state index in [9.17, 15) is 34.8 Å². The first-order valence-electron chi connectivity index (χ1n) is 12.2. The maximum Gasteiger partial charge on any atom is 0.348 e. The maximum atomic E-state index is 13.3. The second-order valence-corrected chi connectivity index (χ2v) is 11.7. The number of carbonyl (C=O) groups is 3. The van der Waals surface area contributed by atoms with Gasteiger partial charge in [0.1, 0.15) is 23.9 Å². The molecule has 194 valence electrons. The summed E-state index contributed by atoms with van der Waals surface area (Å²) in [5.41, 5.74) is -4.97. The van der Waals surface area contributed by atoms with Crippen molar-refractivity contribution in [2.75, 3.05) is 6.61 Å². The number of allylic oxidation sites excluding steroid dienone is 1. The molecule has 0 aromatic carbocycles. The number of aliphatic hydroxyl groups is 4. The summed E-state index contributed by atoms with van der Waals surface area (Å²) < 4.78 is 17.6. The number of carbonyl (C=O) groups excluding carboxylic acids is 3. The lowest BCUT2D eigenvalue weighted by Gasteiger charge is -2.68. The minimum atomic E-state index is -1.85. The van der Waals surface area contributed by atoms with Crippen LogP contribution in [0, 0.1) is 28.6 Å². The Morgan fingerprint density at radius 3 is 2.51 bits per heavy atom. The Kier molecular flexibility index (Phi) is 5.21. The van der Waals surface area contributed by atoms with Gasteiger partial charge in [-0.25, -0.2) is 9.59 Å². The molecule has 0 aromatic heterocycles. The van der Waals surface area contributed by atoms with Gasteiger partial charge < -0.3 is 34.6 Å². The fraction of sp³-hybridized carbons (Fsp3) is 0.800. The molecular formula is C25H34O10. The third-order valence-electron chi connectivity index (χ3n) is 10.1. The number of hydrogen-bond donors (Lipinski definition) is 4. The minimum absolute atomic E-state index is 0.0326. The van der Waals surface area contributed by atoms with Crippen molar-refractivity contribution >= 4 is 17.7 Å². The molecule has 10 nitrogen and oxygen atoms in total. The zero-order valence-electron chi connectivity index (χ0n) is 20.6. The van der Waals surface area contributed by atoms with E-state index in [0.717, 1.165) is 0 Å². The van der Waals surface area contributed by atoms with Crippen molar-refractivity contribution in [1.82, 2.24) is 0 Å². The molecule has 10 heteroatoms. The number of hydrogen-bond acceptors (Lipinski definition) is 10. The predicted octanol–water partition coefficient (Wildman–Crippen LogP) is -0.356. The summed E-state index contributed by atoms with van der Waals surface area (Å²) in [6, 6.07) is 0. The molecule has 0 aromatic rings. The third-order valence-corrected chi connectivity index (χ3v) is 10.1. The average Bonchev–Trinajstić information content (AvgIpc) is 3.06. The van der Waals surface area contributed by atoms with Crippen LogP contribution in [0.5, 0.6) is 0 Å². The normalized spacial score (nSPS) is 52.0. The molecule has 2 aliphatic heterocycles. The molecule has 0 amide bonds. The second-order valence-electron chi connectivity index (χ2n) is 11.7. The molecule has 5 aliphatic rings. The van der Waals surface area contributed by atoms with Crippen LogP contribution in [0.25, 0.3) is 0 Å². The van der Waals surface area contributed by atoms with Crippen molar-refractivity contribution in [3.8, 4) is 0 Å². The highest BCUT2D eigenvalue weighted by atomic mass is 16.6. The van der Waals surface area contributed by atoms with Crippen LogP contribution in [-0.2, 0) is 28.6 Å². The van der Waals surface area contributed by atoms with Gasteiger partial charge in [-0.2, -0.15) is 0 Å². The van der Waals surface area contributed by atoms with Gasteiger partial charge in [-0.15, -0.1) is 0 Å². The monoisotopic (exact) mass is 494 g/mol. The van der Waals surface area contributed by atoms with Gasteiger partial charge in [0.05, 0.1) is 18.6 Å². The van der Waals surface area contributed by atoms with Crippen molar-refractivity contribution in [3.05, 3.63) is 11.6 Å². The number of esters is 2. The number of rotatable bonds is 3. The lowest BCUT2D eigenvalue weighted by Crippen LogP contribution is -2.78. The van der Waals surface area contributed by atoms with Crippen molar-refractivity contribution < 1.29 is 49.0 Å². The number of ketones is 1. The van der Waals surface area contributed by atoms with E-state index in [1.165, 1.54) is 13.0 Å². The van der Waals surface area contributed by atoms with Crippen LogP contribution >= 0.6 is 0 Å². The fourth-order valence-electron chi connectivity index (χ4n) is 8.06. The molecule has 35 heavy (non-hydrogen) atoms. The van der Waals surface area contributed by atoms with Gasteiger partial charge in [0, 0.05) is 16.7 Å². The van der Waals surface area contributed by atoms with E-state index in [-0.39, 0.29) is 19.4 Å². The van der Waals surface area contributed by atoms with Gasteiger partial charge in [-0.1, -0.05) is 19.4 Å². The highest BCUT2D eigenvalue weighted by Gasteiger charge is 2.82. The summed E-state index contributed by atoms with van der Waals surface area (Å²) in [6.07, 6.45) is -4.94. The van der Waals surface area contributed by atoms with Crippen LogP contribution in [0.3, 0.4) is 0 Å². The summed E-state index contributed by atoms with van der Waals surface area (Å²) in [5.74, 6) is -4.58. The van der Waals surface area contributed by atoms with E-state index >= 15 is 0 Å². The summed E-state index contributed by atoms with van der Waals surface area (Å²) >= 11 is 0. The third kappa shape index (κ3) is 2.80. The van der Waals surface area contributed by atoms with Gasteiger partial charge >= 0.3 is 11.9 Å². The molecular weight excluding hydrogens is 460 g/mol. The Hall–Kier alpha value is -1.85. The first-order valence-corrected chi connectivity index (χ1v) is 12.2. The molecule has 12 atom stereocenters. The van der Waals surface area contributed by atoms with Gasteiger partial charge in [0.2, 0.25) is 6.10 Å². The Bertz CT molecular complexity index is 1020. The van der Waals surface area contributed by atoms with E-state index in [1.807, 2.05) is 0 Å². The standard InChI is InChI=1S/C25H34O10/c1-6-22(3,32)21(31)35-15-17-24(5)19(29)14(27)16-23(4)11(10(2)7-12(26)18(23)28)8-13(34-20(15)30)25(16,17)9-33-24/h7,11,13-19,27-29,32H,6,8-9H2,1-5H3/t11-,13+,14+,15+,16+,17-,18+,19-,22+,23-,24+,25+/m0/s1. The van der Waals surface area contributed by atoms with Gasteiger partial charge in [-0.05, 0) is 45.6 Å². The smallest absolute Gasteiger partial charge is 0.348 e. The Labute approximate surface area is 203 Å². The molecule has 2 saturated carbocycles. The summed E-state index contributed by atoms with van der Waals surface area (Å²) in [5, 5.41) is 44.5. The zero-order valence-corrected chi connectivity index (χ0v) is 20.6. The van der Waals surface area contributed by atoms with E-state index in [4.69, 9.17) is 14.2 Å². The molecule has 4 fully saturated rings. The van der Waals surface area contributed by atoms with Crippen LogP contribution in [-0.4, -0.2) is 86.5 Å². The maximum absolute atomic E-state index is 13.3. The molecule has 2 saturated heterocycles. The first kappa shape index (κ1) is 24.8. The lowest BCUT2D eigenvalue weighted by molar-refractivity contribution is -0.298. The zero-order chi connectivity index (χ0) is 25.9. The number of fused-ring (bicyclic) bond motifs is 2. The highest BCUT2D eigenvalue weighted by molar-refractivity contribution is 5.96. The topological polar surface area (TPSA) is 160 Å². The molecule has 2 heterocycles. The Morgan fingerprint density at radius 2 is 1.89 bits per heavy atom. The van der Waals surface area contributed by atoms with Crippen molar-refractivity contribution in [2.45, 2.75) is 89.2 Å². The van der Waals surface area contributed by atoms with Crippen LogP contribution in [0.1, 0.15) is 47.5 Å². The number of ether oxygens (including phenoxy) is 3. The van der Waals surface area contributed by atoms with Crippen LogP contribution in [0.15, 0.2) is 11.6 Å². The van der Waals surface area contributed by atoms with E-state index in [0.29, 0.717) is 5.57 Å². The van der Waals surface area contributed by atoms with Gasteiger partial charge in [-0.3, -0.25) is 4.79 Å². The number of aliphatic hydroxyl groups excluding tert-OH is 3. The molecule has 4 N–H and O–H groups in total. The van der Waals surface area contributed by atoms with Crippen molar-refractivity contribution in [2.24, 2.45) is 28.6 Å². The first-order chi connectivity index (χ1) is 16.2. The summed E-state index contributed by atoms with van der Waals surface area (Å²) in [6.45, 7) is 7.90. The Morgan fingerprint density at radius 1 is 1.23 bits per heavy atom. The van der Waals surface area contributed by atoms with Crippen molar-refractivity contribution in [3.63, 3.8) is 0 Å².